The molecule has 11 aromatic rings. The van der Waals surface area contributed by atoms with Gasteiger partial charge < -0.3 is 13.7 Å². The van der Waals surface area contributed by atoms with Gasteiger partial charge in [0.25, 0.3) is 0 Å². The van der Waals surface area contributed by atoms with E-state index in [2.05, 4.69) is 193 Å². The predicted octanol–water partition coefficient (Wildman–Crippen LogP) is 15.1. The van der Waals surface area contributed by atoms with Crippen molar-refractivity contribution in [3.05, 3.63) is 200 Å². The van der Waals surface area contributed by atoms with E-state index in [0.717, 1.165) is 88.4 Å². The van der Waals surface area contributed by atoms with Crippen LogP contribution in [-0.4, -0.2) is 0 Å². The highest BCUT2D eigenvalue weighted by atomic mass is 16.3. The summed E-state index contributed by atoms with van der Waals surface area (Å²) in [4.78, 5) is 2.36. The summed E-state index contributed by atoms with van der Waals surface area (Å²) < 4.78 is 13.0. The van der Waals surface area contributed by atoms with Crippen molar-refractivity contribution in [1.29, 1.82) is 0 Å². The predicted molar refractivity (Wildman–Crippen MR) is 229 cm³/mol. The molecule has 0 fully saturated rings. The van der Waals surface area contributed by atoms with Gasteiger partial charge in [0.2, 0.25) is 0 Å². The Morgan fingerprint density at radius 2 is 0.891 bits per heavy atom. The van der Waals surface area contributed by atoms with Crippen molar-refractivity contribution in [2.24, 2.45) is 0 Å². The fourth-order valence-corrected chi connectivity index (χ4v) is 8.17. The number of anilines is 3. The third kappa shape index (κ3) is 5.28. The fourth-order valence-electron chi connectivity index (χ4n) is 8.17. The molecule has 0 saturated heterocycles. The molecule has 0 atom stereocenters. The van der Waals surface area contributed by atoms with Gasteiger partial charge in [0, 0.05) is 32.9 Å². The molecule has 0 aliphatic heterocycles. The third-order valence-electron chi connectivity index (χ3n) is 10.9. The van der Waals surface area contributed by atoms with Crippen LogP contribution in [0.25, 0.3) is 88.0 Å². The van der Waals surface area contributed by atoms with Gasteiger partial charge in [-0.15, -0.1) is 0 Å². The van der Waals surface area contributed by atoms with Crippen molar-refractivity contribution in [1.82, 2.24) is 0 Å². The zero-order chi connectivity index (χ0) is 36.3. The maximum absolute atomic E-state index is 6.67. The van der Waals surface area contributed by atoms with Crippen molar-refractivity contribution in [2.45, 2.75) is 0 Å². The van der Waals surface area contributed by atoms with Crippen LogP contribution in [0.4, 0.5) is 17.1 Å². The van der Waals surface area contributed by atoms with Gasteiger partial charge in [0.1, 0.15) is 22.3 Å². The molecule has 9 aromatic carbocycles. The number of benzene rings is 9. The lowest BCUT2D eigenvalue weighted by atomic mass is 9.99. The van der Waals surface area contributed by atoms with E-state index in [1.54, 1.807) is 0 Å². The summed E-state index contributed by atoms with van der Waals surface area (Å²) in [5.74, 6) is 0. The zero-order valence-electron chi connectivity index (χ0n) is 29.8. The number of nitrogens with zero attached hydrogens (tertiary/aromatic N) is 1. The van der Waals surface area contributed by atoms with E-state index < -0.39 is 0 Å². The Balaban J connectivity index is 1.06. The fraction of sp³-hybridized carbons (Fsp3) is 0. The second-order valence-electron chi connectivity index (χ2n) is 14.1. The lowest BCUT2D eigenvalue weighted by Crippen LogP contribution is -2.10. The standard InChI is InChI=1S/C52H33NO2/c1-2-10-34(11-3-1)35-20-22-36(23-21-35)37-24-28-41(29-25-37)53(47-17-9-19-49-51(47)46-31-26-38-12-4-5-15-43(38)52(46)55-49)42-14-8-13-39(32-42)40-27-30-45-44-16-6-7-18-48(44)54-50(45)33-40/h1-33H. The van der Waals surface area contributed by atoms with Crippen molar-refractivity contribution < 1.29 is 8.83 Å². The summed E-state index contributed by atoms with van der Waals surface area (Å²) in [7, 11) is 0. The SMILES string of the molecule is c1ccc(-c2ccc(-c3ccc(N(c4cccc(-c5ccc6c(c5)oc5ccccc56)c4)c4cccc5oc6c7ccccc7ccc6c45)cc3)cc2)cc1. The van der Waals surface area contributed by atoms with Gasteiger partial charge in [-0.05, 0) is 99.4 Å². The van der Waals surface area contributed by atoms with Crippen LogP contribution in [0.15, 0.2) is 209 Å². The molecule has 2 aromatic heterocycles. The van der Waals surface area contributed by atoms with Crippen LogP contribution in [0.5, 0.6) is 0 Å². The van der Waals surface area contributed by atoms with Gasteiger partial charge in [-0.2, -0.15) is 0 Å². The van der Waals surface area contributed by atoms with Gasteiger partial charge >= 0.3 is 0 Å². The molecular weight excluding hydrogens is 671 g/mol. The largest absolute Gasteiger partial charge is 0.456 e. The Hall–Kier alpha value is -7.36. The summed E-state index contributed by atoms with van der Waals surface area (Å²) in [5, 5.41) is 6.70. The first-order chi connectivity index (χ1) is 27.2. The molecule has 3 heteroatoms. The van der Waals surface area contributed by atoms with Crippen LogP contribution in [0, 0.1) is 0 Å². The van der Waals surface area contributed by atoms with Crippen molar-refractivity contribution in [3.8, 4) is 33.4 Å². The average Bonchev–Trinajstić information content (AvgIpc) is 3.83. The molecule has 258 valence electrons. The zero-order valence-corrected chi connectivity index (χ0v) is 29.8. The van der Waals surface area contributed by atoms with E-state index in [1.165, 1.54) is 16.7 Å². The van der Waals surface area contributed by atoms with Crippen molar-refractivity contribution in [2.75, 3.05) is 4.90 Å². The van der Waals surface area contributed by atoms with Crippen LogP contribution < -0.4 is 4.90 Å². The second-order valence-corrected chi connectivity index (χ2v) is 14.1. The molecular formula is C52H33NO2. The number of rotatable bonds is 6. The molecule has 2 heterocycles. The molecule has 0 unspecified atom stereocenters. The van der Waals surface area contributed by atoms with Gasteiger partial charge in [0.15, 0.2) is 0 Å². The Morgan fingerprint density at radius 1 is 0.309 bits per heavy atom. The van der Waals surface area contributed by atoms with Crippen LogP contribution in [-0.2, 0) is 0 Å². The number of para-hydroxylation sites is 1. The first kappa shape index (κ1) is 31.2. The smallest absolute Gasteiger partial charge is 0.143 e. The second kappa shape index (κ2) is 12.6. The third-order valence-corrected chi connectivity index (χ3v) is 10.9. The number of fused-ring (bicyclic) bond motifs is 8. The Kier molecular flexibility index (Phi) is 7.17. The molecule has 0 saturated carbocycles. The molecule has 0 amide bonds. The topological polar surface area (TPSA) is 29.5 Å². The Labute approximate surface area is 317 Å². The highest BCUT2D eigenvalue weighted by Gasteiger charge is 2.21. The van der Waals surface area contributed by atoms with Crippen molar-refractivity contribution >= 4 is 71.7 Å². The molecule has 0 N–H and O–H groups in total. The van der Waals surface area contributed by atoms with E-state index in [4.69, 9.17) is 8.83 Å². The number of hydrogen-bond acceptors (Lipinski definition) is 3. The first-order valence-corrected chi connectivity index (χ1v) is 18.7. The van der Waals surface area contributed by atoms with Crippen LogP contribution in [0.1, 0.15) is 0 Å². The monoisotopic (exact) mass is 703 g/mol. The average molecular weight is 704 g/mol. The minimum Gasteiger partial charge on any atom is -0.456 e. The maximum Gasteiger partial charge on any atom is 0.143 e. The van der Waals surface area contributed by atoms with Gasteiger partial charge in [0.05, 0.1) is 11.1 Å². The lowest BCUT2D eigenvalue weighted by Gasteiger charge is -2.27. The maximum atomic E-state index is 6.67. The van der Waals surface area contributed by atoms with Gasteiger partial charge in [-0.1, -0.05) is 140 Å². The van der Waals surface area contributed by atoms with Gasteiger partial charge in [-0.25, -0.2) is 0 Å². The summed E-state index contributed by atoms with van der Waals surface area (Å²) in [6.07, 6.45) is 0. The van der Waals surface area contributed by atoms with E-state index in [-0.39, 0.29) is 0 Å². The van der Waals surface area contributed by atoms with E-state index >= 15 is 0 Å². The molecule has 0 radical (unpaired) electrons. The van der Waals surface area contributed by atoms with E-state index in [0.29, 0.717) is 0 Å². The van der Waals surface area contributed by atoms with E-state index in [9.17, 15) is 0 Å². The first-order valence-electron chi connectivity index (χ1n) is 18.7. The Bertz CT molecular complexity index is 3190. The summed E-state index contributed by atoms with van der Waals surface area (Å²) in [5.41, 5.74) is 13.7. The minimum atomic E-state index is 0.857. The van der Waals surface area contributed by atoms with E-state index in [1.807, 2.05) is 12.1 Å². The highest BCUT2D eigenvalue weighted by molar-refractivity contribution is 6.19. The highest BCUT2D eigenvalue weighted by Crippen LogP contribution is 2.45. The Morgan fingerprint density at radius 3 is 1.71 bits per heavy atom. The molecule has 3 nitrogen and oxygen atoms in total. The molecule has 0 aliphatic rings. The minimum absolute atomic E-state index is 0.857. The number of furan rings is 2. The quantitative estimate of drug-likeness (QED) is 0.173. The molecule has 0 aliphatic carbocycles. The van der Waals surface area contributed by atoms with Crippen LogP contribution in [0.2, 0.25) is 0 Å². The van der Waals surface area contributed by atoms with Crippen LogP contribution >= 0.6 is 0 Å². The van der Waals surface area contributed by atoms with Crippen LogP contribution in [0.3, 0.4) is 0 Å². The molecule has 0 bridgehead atoms. The normalized spacial score (nSPS) is 11.6. The molecule has 0 spiro atoms. The summed E-state index contributed by atoms with van der Waals surface area (Å²) in [6, 6.07) is 71.0. The summed E-state index contributed by atoms with van der Waals surface area (Å²) in [6.45, 7) is 0. The number of hydrogen-bond donors (Lipinski definition) is 0. The molecule has 55 heavy (non-hydrogen) atoms. The van der Waals surface area contributed by atoms with Crippen molar-refractivity contribution in [3.63, 3.8) is 0 Å². The summed E-state index contributed by atoms with van der Waals surface area (Å²) >= 11 is 0. The molecule has 11 rings (SSSR count). The lowest BCUT2D eigenvalue weighted by molar-refractivity contribution is 0.669. The van der Waals surface area contributed by atoms with Gasteiger partial charge in [-0.3, -0.25) is 0 Å².